The highest BCUT2D eigenvalue weighted by atomic mass is 127. The number of nitrogens with one attached hydrogen (secondary N) is 1. The number of hydrogen-bond acceptors (Lipinski definition) is 6. The van der Waals surface area contributed by atoms with Crippen LogP contribution in [0.1, 0.15) is 43.9 Å². The molecule has 0 bridgehead atoms. The van der Waals surface area contributed by atoms with Crippen molar-refractivity contribution in [3.05, 3.63) is 47.7 Å². The number of benzene rings is 1. The van der Waals surface area contributed by atoms with Gasteiger partial charge in [0, 0.05) is 71.3 Å². The van der Waals surface area contributed by atoms with Crippen molar-refractivity contribution in [1.82, 2.24) is 13.9 Å². The molecule has 10 heteroatoms. The maximum Gasteiger partial charge on any atom is 0.289 e. The zero-order valence-corrected chi connectivity index (χ0v) is 19.4. The highest BCUT2D eigenvalue weighted by Crippen LogP contribution is 2.40. The molecule has 0 aliphatic heterocycles. The Morgan fingerprint density at radius 1 is 1.43 bits per heavy atom. The van der Waals surface area contributed by atoms with Gasteiger partial charge in [0.25, 0.3) is 6.02 Å². The maximum atomic E-state index is 14.8. The van der Waals surface area contributed by atoms with Gasteiger partial charge in [0.05, 0.1) is 11.1 Å². The minimum Gasteiger partial charge on any atom is -0.407 e. The molecule has 3 N–H and O–H groups in total. The van der Waals surface area contributed by atoms with E-state index in [1.54, 1.807) is 12.3 Å². The van der Waals surface area contributed by atoms with E-state index in [0.717, 1.165) is 29.5 Å². The van der Waals surface area contributed by atoms with Crippen LogP contribution in [0.5, 0.6) is 0 Å². The molecule has 0 atom stereocenters. The van der Waals surface area contributed by atoms with Crippen molar-refractivity contribution >= 4 is 53.1 Å². The summed E-state index contributed by atoms with van der Waals surface area (Å²) >= 11 is 2.14. The average molecular weight is 538 g/mol. The number of halogens is 2. The molecule has 2 aromatic heterocycles. The van der Waals surface area contributed by atoms with Gasteiger partial charge >= 0.3 is 0 Å². The van der Waals surface area contributed by atoms with Crippen LogP contribution in [0.25, 0.3) is 22.3 Å². The van der Waals surface area contributed by atoms with Crippen molar-refractivity contribution in [1.29, 1.82) is 5.41 Å². The lowest BCUT2D eigenvalue weighted by Gasteiger charge is -2.09. The summed E-state index contributed by atoms with van der Waals surface area (Å²) in [6.45, 7) is 3.66. The van der Waals surface area contributed by atoms with Gasteiger partial charge in [0.15, 0.2) is 5.82 Å². The lowest BCUT2D eigenvalue weighted by molar-refractivity contribution is 0.516. The molecule has 1 aromatic carbocycles. The van der Waals surface area contributed by atoms with Gasteiger partial charge in [-0.1, -0.05) is 0 Å². The number of nitrogens with two attached hydrogens (primary N) is 1. The highest BCUT2D eigenvalue weighted by Gasteiger charge is 2.26. The summed E-state index contributed by atoms with van der Waals surface area (Å²) in [7, 11) is 1.42. The van der Waals surface area contributed by atoms with E-state index in [2.05, 4.69) is 31.2 Å². The molecule has 2 heterocycles. The number of ether oxygens (including phenoxy) is 1. The predicted molar refractivity (Wildman–Crippen MR) is 127 cm³/mol. The fraction of sp³-hybridized carbons (Fsp3) is 0.300. The second-order valence-electron chi connectivity index (χ2n) is 7.36. The molecule has 7 nitrogen and oxygen atoms in total. The lowest BCUT2D eigenvalue weighted by atomic mass is 10.1. The third kappa shape index (κ3) is 4.29. The van der Waals surface area contributed by atoms with Gasteiger partial charge in [0.2, 0.25) is 5.90 Å². The predicted octanol–water partition coefficient (Wildman–Crippen LogP) is 5.03. The summed E-state index contributed by atoms with van der Waals surface area (Å²) in [6, 6.07) is 4.65. The molecule has 4 rings (SSSR count). The Morgan fingerprint density at radius 2 is 2.20 bits per heavy atom. The minimum atomic E-state index is -0.575. The van der Waals surface area contributed by atoms with Gasteiger partial charge in [-0.3, -0.25) is 9.38 Å². The normalized spacial score (nSPS) is 14.5. The summed E-state index contributed by atoms with van der Waals surface area (Å²) in [5.74, 6) is 0.106. The van der Waals surface area contributed by atoms with E-state index in [0.29, 0.717) is 17.3 Å². The van der Waals surface area contributed by atoms with Crippen molar-refractivity contribution < 1.29 is 9.13 Å². The molecule has 1 aliphatic rings. The Morgan fingerprint density at radius 3 is 2.87 bits per heavy atom. The number of hydrogen-bond donors (Lipinski definition) is 2. The van der Waals surface area contributed by atoms with E-state index < -0.39 is 11.7 Å². The Bertz CT molecular complexity index is 1160. The van der Waals surface area contributed by atoms with Crippen LogP contribution in [0.15, 0.2) is 35.6 Å². The van der Waals surface area contributed by atoms with E-state index >= 15 is 0 Å². The molecular weight excluding hydrogens is 518 g/mol. The first-order valence-corrected chi connectivity index (χ1v) is 12.8. The molecule has 1 saturated carbocycles. The van der Waals surface area contributed by atoms with E-state index in [1.165, 1.54) is 15.2 Å². The van der Waals surface area contributed by atoms with E-state index in [-0.39, 0.29) is 17.6 Å². The minimum absolute atomic E-state index is 0.000196. The fourth-order valence-electron chi connectivity index (χ4n) is 3.18. The zero-order valence-electron chi connectivity index (χ0n) is 16.4. The average Bonchev–Trinajstić information content (AvgIpc) is 3.48. The van der Waals surface area contributed by atoms with Gasteiger partial charge in [-0.25, -0.2) is 19.4 Å². The van der Waals surface area contributed by atoms with Crippen molar-refractivity contribution in [2.24, 2.45) is 10.7 Å². The lowest BCUT2D eigenvalue weighted by Crippen LogP contribution is -2.23. The van der Waals surface area contributed by atoms with Crippen LogP contribution >= 0.6 is 30.3 Å². The zero-order chi connectivity index (χ0) is 21.4. The molecule has 0 radical (unpaired) electrons. The molecule has 0 spiro atoms. The molecule has 156 valence electrons. The third-order valence-corrected chi connectivity index (χ3v) is 6.41. The quantitative estimate of drug-likeness (QED) is 0.270. The summed E-state index contributed by atoms with van der Waals surface area (Å²) in [5, 5.41) is 8.91. The molecule has 0 unspecified atom stereocenters. The van der Waals surface area contributed by atoms with Crippen molar-refractivity contribution in [2.45, 2.75) is 38.6 Å². The van der Waals surface area contributed by atoms with E-state index in [4.69, 9.17) is 20.9 Å². The maximum absolute atomic E-state index is 14.8. The van der Waals surface area contributed by atoms with Gasteiger partial charge in [-0.05, 0) is 44.9 Å². The highest BCUT2D eigenvalue weighted by molar-refractivity contribution is 14.2. The SMILES string of the molecule is CC(C)N=C(N)OC(=N)c1cc2c(-c3nccc(C4CC4)n3)cn(SI)c2cc1F. The largest absolute Gasteiger partial charge is 0.407 e. The third-order valence-electron chi connectivity index (χ3n) is 4.68. The summed E-state index contributed by atoms with van der Waals surface area (Å²) in [6.07, 6.45) is 5.93. The number of aromatic nitrogens is 3. The first-order valence-electron chi connectivity index (χ1n) is 9.44. The Hall–Kier alpha value is -2.21. The Labute approximate surface area is 189 Å². The molecule has 0 saturated heterocycles. The van der Waals surface area contributed by atoms with Crippen LogP contribution in [0.3, 0.4) is 0 Å². The number of amidine groups is 1. The van der Waals surface area contributed by atoms with Crippen LogP contribution in [-0.4, -0.2) is 31.9 Å². The fourth-order valence-corrected chi connectivity index (χ4v) is 4.52. The van der Waals surface area contributed by atoms with Crippen LogP contribution in [0.4, 0.5) is 4.39 Å². The molecule has 0 amide bonds. The van der Waals surface area contributed by atoms with Gasteiger partial charge in [-0.15, -0.1) is 0 Å². The number of fused-ring (bicyclic) bond motifs is 1. The summed E-state index contributed by atoms with van der Waals surface area (Å²) < 4.78 is 21.9. The summed E-state index contributed by atoms with van der Waals surface area (Å²) in [5.41, 5.74) is 8.18. The van der Waals surface area contributed by atoms with Crippen molar-refractivity contribution in [3.8, 4) is 11.4 Å². The van der Waals surface area contributed by atoms with Gasteiger partial charge < -0.3 is 10.5 Å². The standard InChI is InChI=1S/C20H20FIN6OS/c1-10(2)26-20(24)29-18(23)13-7-12-14(9-28(30-22)17(12)8-15(13)21)19-25-6-5-16(27-19)11-3-4-11/h5-11,23H,3-4H2,1-2H3,(H2,24,26). The molecule has 3 aromatic rings. The van der Waals surface area contributed by atoms with Gasteiger partial charge in [-0.2, -0.15) is 0 Å². The first-order chi connectivity index (χ1) is 14.4. The molecular formula is C20H20FIN6OS. The number of rotatable bonds is 5. The number of nitrogens with zero attached hydrogens (tertiary/aromatic N) is 4. The Balaban J connectivity index is 1.79. The van der Waals surface area contributed by atoms with Crippen molar-refractivity contribution in [2.75, 3.05) is 0 Å². The second-order valence-corrected chi connectivity index (χ2v) is 9.07. The van der Waals surface area contributed by atoms with Crippen molar-refractivity contribution in [3.63, 3.8) is 0 Å². The van der Waals surface area contributed by atoms with Crippen LogP contribution in [-0.2, 0) is 4.74 Å². The van der Waals surface area contributed by atoms with Crippen LogP contribution in [0.2, 0.25) is 0 Å². The van der Waals surface area contributed by atoms with Crippen LogP contribution < -0.4 is 5.73 Å². The monoisotopic (exact) mass is 538 g/mol. The smallest absolute Gasteiger partial charge is 0.289 e. The van der Waals surface area contributed by atoms with E-state index in [1.807, 2.05) is 30.1 Å². The second kappa shape index (κ2) is 8.50. The first kappa shape index (κ1) is 21.0. The summed E-state index contributed by atoms with van der Waals surface area (Å²) in [4.78, 5) is 13.2. The Kier molecular flexibility index (Phi) is 5.96. The van der Waals surface area contributed by atoms with Gasteiger partial charge in [0.1, 0.15) is 5.82 Å². The molecule has 1 aliphatic carbocycles. The molecule has 1 fully saturated rings. The molecule has 30 heavy (non-hydrogen) atoms. The topological polar surface area (TPSA) is 102 Å². The number of aliphatic imine (C=N–C) groups is 1. The van der Waals surface area contributed by atoms with E-state index in [9.17, 15) is 4.39 Å². The van der Waals surface area contributed by atoms with Crippen LogP contribution in [0, 0.1) is 11.2 Å².